The van der Waals surface area contributed by atoms with Gasteiger partial charge in [0.15, 0.2) is 0 Å². The minimum atomic E-state index is -0.352. The van der Waals surface area contributed by atoms with Crippen molar-refractivity contribution in [3.63, 3.8) is 0 Å². The molecule has 3 N–H and O–H groups in total. The van der Waals surface area contributed by atoms with E-state index in [0.29, 0.717) is 12.1 Å². The van der Waals surface area contributed by atoms with Crippen molar-refractivity contribution >= 4 is 17.2 Å². The third kappa shape index (κ3) is 4.03. The van der Waals surface area contributed by atoms with Crippen molar-refractivity contribution in [3.8, 4) is 0 Å². The van der Waals surface area contributed by atoms with Crippen LogP contribution in [0.2, 0.25) is 0 Å². The van der Waals surface area contributed by atoms with Gasteiger partial charge in [0.1, 0.15) is 10.8 Å². The van der Waals surface area contributed by atoms with Crippen LogP contribution in [-0.2, 0) is 6.54 Å². The third-order valence-corrected chi connectivity index (χ3v) is 2.93. The van der Waals surface area contributed by atoms with Crippen molar-refractivity contribution < 1.29 is 9.50 Å². The Morgan fingerprint density at radius 1 is 1.53 bits per heavy atom. The van der Waals surface area contributed by atoms with Gasteiger partial charge in [0.05, 0.1) is 6.61 Å². The Hall–Kier alpha value is -1.04. The summed E-state index contributed by atoms with van der Waals surface area (Å²) in [6.07, 6.45) is 0. The summed E-state index contributed by atoms with van der Waals surface area (Å²) in [6, 6.07) is 4.56. The summed E-state index contributed by atoms with van der Waals surface area (Å²) in [5, 5.41) is 9.02. The first-order chi connectivity index (χ1) is 7.93. The number of thiocarbonyl (C=S) groups is 1. The zero-order chi connectivity index (χ0) is 13.0. The number of nitrogens with two attached hydrogens (primary N) is 1. The van der Waals surface area contributed by atoms with E-state index in [1.165, 1.54) is 12.1 Å². The Labute approximate surface area is 106 Å². The van der Waals surface area contributed by atoms with Crippen molar-refractivity contribution in [3.05, 3.63) is 35.1 Å². The second-order valence-corrected chi connectivity index (χ2v) is 4.60. The topological polar surface area (TPSA) is 49.5 Å². The number of aliphatic hydroxyl groups is 1. The van der Waals surface area contributed by atoms with Gasteiger partial charge in [-0.2, -0.15) is 0 Å². The van der Waals surface area contributed by atoms with Crippen LogP contribution in [0.25, 0.3) is 0 Å². The molecule has 0 heterocycles. The van der Waals surface area contributed by atoms with Gasteiger partial charge >= 0.3 is 0 Å². The SMILES string of the molecule is CC(CO)N(C)Cc1cc(F)cc(C(N)=S)c1. The van der Waals surface area contributed by atoms with E-state index in [1.54, 1.807) is 6.07 Å². The van der Waals surface area contributed by atoms with E-state index in [-0.39, 0.29) is 23.5 Å². The minimum absolute atomic E-state index is 0.0199. The Morgan fingerprint density at radius 3 is 2.71 bits per heavy atom. The summed E-state index contributed by atoms with van der Waals surface area (Å²) in [5.41, 5.74) is 6.79. The summed E-state index contributed by atoms with van der Waals surface area (Å²) in [5.74, 6) is -0.352. The monoisotopic (exact) mass is 256 g/mol. The van der Waals surface area contributed by atoms with Gasteiger partial charge in [0.2, 0.25) is 0 Å². The third-order valence-electron chi connectivity index (χ3n) is 2.69. The summed E-state index contributed by atoms with van der Waals surface area (Å²) < 4.78 is 13.3. The molecule has 17 heavy (non-hydrogen) atoms. The van der Waals surface area contributed by atoms with Gasteiger partial charge in [-0.3, -0.25) is 4.90 Å². The second-order valence-electron chi connectivity index (χ2n) is 4.16. The molecule has 3 nitrogen and oxygen atoms in total. The first kappa shape index (κ1) is 14.0. The highest BCUT2D eigenvalue weighted by Gasteiger charge is 2.10. The predicted octanol–water partition coefficient (Wildman–Crippen LogP) is 1.27. The minimum Gasteiger partial charge on any atom is -0.395 e. The summed E-state index contributed by atoms with van der Waals surface area (Å²) >= 11 is 4.83. The number of benzene rings is 1. The molecule has 0 aliphatic rings. The van der Waals surface area contributed by atoms with Crippen LogP contribution in [0.15, 0.2) is 18.2 Å². The number of halogens is 1. The second kappa shape index (κ2) is 6.05. The van der Waals surface area contributed by atoms with E-state index in [0.717, 1.165) is 5.56 Å². The maximum absolute atomic E-state index is 13.3. The average Bonchev–Trinajstić information content (AvgIpc) is 2.26. The van der Waals surface area contributed by atoms with Crippen LogP contribution in [-0.4, -0.2) is 34.7 Å². The lowest BCUT2D eigenvalue weighted by atomic mass is 10.1. The predicted molar refractivity (Wildman–Crippen MR) is 70.3 cm³/mol. The Balaban J connectivity index is 2.87. The molecule has 1 unspecified atom stereocenters. The summed E-state index contributed by atoms with van der Waals surface area (Å²) in [4.78, 5) is 2.11. The molecule has 0 amide bonds. The molecule has 0 aliphatic carbocycles. The quantitative estimate of drug-likeness (QED) is 0.779. The van der Waals surface area contributed by atoms with Crippen LogP contribution in [0, 0.1) is 5.82 Å². The normalized spacial score (nSPS) is 12.8. The zero-order valence-corrected chi connectivity index (χ0v) is 10.8. The van der Waals surface area contributed by atoms with Gasteiger partial charge in [-0.1, -0.05) is 12.2 Å². The van der Waals surface area contributed by atoms with Crippen molar-refractivity contribution in [2.75, 3.05) is 13.7 Å². The molecule has 5 heteroatoms. The molecule has 0 spiro atoms. The molecule has 0 aliphatic heterocycles. The number of likely N-dealkylation sites (N-methyl/N-ethyl adjacent to an activating group) is 1. The maximum Gasteiger partial charge on any atom is 0.124 e. The largest absolute Gasteiger partial charge is 0.395 e. The van der Waals surface area contributed by atoms with Crippen LogP contribution >= 0.6 is 12.2 Å². The van der Waals surface area contributed by atoms with Crippen molar-refractivity contribution in [2.45, 2.75) is 19.5 Å². The molecule has 0 radical (unpaired) electrons. The molecule has 0 saturated heterocycles. The van der Waals surface area contributed by atoms with Crippen LogP contribution in [0.3, 0.4) is 0 Å². The van der Waals surface area contributed by atoms with Crippen LogP contribution in [0.5, 0.6) is 0 Å². The average molecular weight is 256 g/mol. The maximum atomic E-state index is 13.3. The number of rotatable bonds is 5. The van der Waals surface area contributed by atoms with E-state index < -0.39 is 0 Å². The van der Waals surface area contributed by atoms with E-state index in [2.05, 4.69) is 0 Å². The molecule has 0 saturated carbocycles. The first-order valence-electron chi connectivity index (χ1n) is 5.34. The molecule has 0 aromatic heterocycles. The Bertz CT molecular complexity index is 411. The molecular weight excluding hydrogens is 239 g/mol. The van der Waals surface area contributed by atoms with Crippen LogP contribution in [0.1, 0.15) is 18.1 Å². The number of hydrogen-bond acceptors (Lipinski definition) is 3. The summed E-state index contributed by atoms with van der Waals surface area (Å²) in [7, 11) is 1.87. The van der Waals surface area contributed by atoms with E-state index in [9.17, 15) is 4.39 Å². The standard InChI is InChI=1S/C12H17FN2OS/c1-8(7-16)15(2)6-9-3-10(12(14)17)5-11(13)4-9/h3-5,8,16H,6-7H2,1-2H3,(H2,14,17). The van der Waals surface area contributed by atoms with Crippen molar-refractivity contribution in [2.24, 2.45) is 5.73 Å². The highest BCUT2D eigenvalue weighted by molar-refractivity contribution is 7.80. The number of aliphatic hydroxyl groups excluding tert-OH is 1. The lowest BCUT2D eigenvalue weighted by molar-refractivity contribution is 0.154. The number of nitrogens with zero attached hydrogens (tertiary/aromatic N) is 1. The summed E-state index contributed by atoms with van der Waals surface area (Å²) in [6.45, 7) is 2.50. The van der Waals surface area contributed by atoms with Gasteiger partial charge in [-0.25, -0.2) is 4.39 Å². The molecule has 1 aromatic carbocycles. The van der Waals surface area contributed by atoms with Gasteiger partial charge < -0.3 is 10.8 Å². The molecule has 1 rings (SSSR count). The van der Waals surface area contributed by atoms with Gasteiger partial charge in [0.25, 0.3) is 0 Å². The Kier molecular flexibility index (Phi) is 4.99. The molecule has 1 aromatic rings. The first-order valence-corrected chi connectivity index (χ1v) is 5.75. The van der Waals surface area contributed by atoms with Crippen molar-refractivity contribution in [1.29, 1.82) is 0 Å². The van der Waals surface area contributed by atoms with E-state index in [4.69, 9.17) is 23.1 Å². The fourth-order valence-corrected chi connectivity index (χ4v) is 1.59. The smallest absolute Gasteiger partial charge is 0.124 e. The molecule has 1 atom stereocenters. The molecule has 0 bridgehead atoms. The lowest BCUT2D eigenvalue weighted by Gasteiger charge is -2.23. The van der Waals surface area contributed by atoms with Crippen LogP contribution in [0.4, 0.5) is 4.39 Å². The molecular formula is C12H17FN2OS. The fraction of sp³-hybridized carbons (Fsp3) is 0.417. The molecule has 94 valence electrons. The van der Waals surface area contributed by atoms with Gasteiger partial charge in [0, 0.05) is 18.2 Å². The van der Waals surface area contributed by atoms with E-state index >= 15 is 0 Å². The fourth-order valence-electron chi connectivity index (χ4n) is 1.47. The Morgan fingerprint density at radius 2 is 2.18 bits per heavy atom. The molecule has 0 fully saturated rings. The highest BCUT2D eigenvalue weighted by Crippen LogP contribution is 2.12. The highest BCUT2D eigenvalue weighted by atomic mass is 32.1. The van der Waals surface area contributed by atoms with Crippen molar-refractivity contribution in [1.82, 2.24) is 4.90 Å². The lowest BCUT2D eigenvalue weighted by Crippen LogP contribution is -2.31. The van der Waals surface area contributed by atoms with Gasteiger partial charge in [-0.05, 0) is 37.7 Å². The van der Waals surface area contributed by atoms with Gasteiger partial charge in [-0.15, -0.1) is 0 Å². The van der Waals surface area contributed by atoms with Crippen LogP contribution < -0.4 is 5.73 Å². The van der Waals surface area contributed by atoms with E-state index in [1.807, 2.05) is 18.9 Å². The zero-order valence-electron chi connectivity index (χ0n) is 9.98. The number of hydrogen-bond donors (Lipinski definition) is 2.